The van der Waals surface area contributed by atoms with Crippen LogP contribution in [0.25, 0.3) is 0 Å². The van der Waals surface area contributed by atoms with Gasteiger partial charge in [-0.3, -0.25) is 4.79 Å². The third-order valence-electron chi connectivity index (χ3n) is 4.44. The van der Waals surface area contributed by atoms with Crippen LogP contribution in [-0.2, 0) is 4.79 Å². The molecular weight excluding hydrogens is 224 g/mol. The summed E-state index contributed by atoms with van der Waals surface area (Å²) in [6, 6.07) is 7.35. The molecule has 18 heavy (non-hydrogen) atoms. The smallest absolute Gasteiger partial charge is 0.156 e. The number of carbonyl (C=O) groups excluding carboxylic acids is 1. The summed E-state index contributed by atoms with van der Waals surface area (Å²) in [4.78, 5) is 11.8. The van der Waals surface area contributed by atoms with Crippen LogP contribution in [0, 0.1) is 11.8 Å². The van der Waals surface area contributed by atoms with Crippen molar-refractivity contribution in [2.45, 2.75) is 32.1 Å². The first-order chi connectivity index (χ1) is 8.66. The Labute approximate surface area is 107 Å². The van der Waals surface area contributed by atoms with Crippen LogP contribution in [0.15, 0.2) is 35.9 Å². The van der Waals surface area contributed by atoms with Gasteiger partial charge >= 0.3 is 0 Å². The molecule has 2 heteroatoms. The Balaban J connectivity index is 2.00. The quantitative estimate of drug-likeness (QED) is 0.862. The first-order valence-corrected chi connectivity index (χ1v) is 6.68. The lowest BCUT2D eigenvalue weighted by molar-refractivity contribution is -0.113. The molecule has 0 bridgehead atoms. The highest BCUT2D eigenvalue weighted by Gasteiger charge is 2.41. The van der Waals surface area contributed by atoms with Gasteiger partial charge in [0.25, 0.3) is 0 Å². The van der Waals surface area contributed by atoms with Gasteiger partial charge < -0.3 is 5.11 Å². The number of phenolic OH excluding ortho intramolecular Hbond substituents is 1. The molecule has 0 radical (unpaired) electrons. The minimum absolute atomic E-state index is 0.197. The summed E-state index contributed by atoms with van der Waals surface area (Å²) in [5, 5.41) is 9.38. The van der Waals surface area contributed by atoms with E-state index in [1.54, 1.807) is 19.1 Å². The lowest BCUT2D eigenvalue weighted by atomic mass is 9.81. The Morgan fingerprint density at radius 1 is 1.22 bits per heavy atom. The molecule has 3 rings (SSSR count). The van der Waals surface area contributed by atoms with Crippen molar-refractivity contribution in [1.29, 1.82) is 0 Å². The number of aromatic hydroxyl groups is 1. The Morgan fingerprint density at radius 2 is 1.94 bits per heavy atom. The molecule has 94 valence electrons. The fraction of sp³-hybridized carbons (Fsp3) is 0.438. The van der Waals surface area contributed by atoms with Crippen molar-refractivity contribution in [3.63, 3.8) is 0 Å². The summed E-state index contributed by atoms with van der Waals surface area (Å²) in [7, 11) is 0. The van der Waals surface area contributed by atoms with Gasteiger partial charge in [0.05, 0.1) is 0 Å². The Morgan fingerprint density at radius 3 is 2.61 bits per heavy atom. The summed E-state index contributed by atoms with van der Waals surface area (Å²) in [5.74, 6) is 1.90. The van der Waals surface area contributed by atoms with Crippen molar-refractivity contribution < 1.29 is 9.90 Å². The van der Waals surface area contributed by atoms with E-state index in [0.717, 1.165) is 5.57 Å². The maximum Gasteiger partial charge on any atom is 0.156 e. The molecule has 2 aliphatic rings. The van der Waals surface area contributed by atoms with Crippen molar-refractivity contribution in [3.8, 4) is 5.75 Å². The van der Waals surface area contributed by atoms with Gasteiger partial charge in [-0.15, -0.1) is 0 Å². The van der Waals surface area contributed by atoms with Gasteiger partial charge in [0.15, 0.2) is 5.78 Å². The molecule has 1 aromatic carbocycles. The lowest BCUT2D eigenvalue weighted by Gasteiger charge is -2.22. The van der Waals surface area contributed by atoms with E-state index in [0.29, 0.717) is 11.8 Å². The van der Waals surface area contributed by atoms with Crippen LogP contribution in [0.3, 0.4) is 0 Å². The van der Waals surface area contributed by atoms with Gasteiger partial charge in [0, 0.05) is 5.92 Å². The molecule has 1 N–H and O–H groups in total. The minimum Gasteiger partial charge on any atom is -0.508 e. The van der Waals surface area contributed by atoms with E-state index in [1.165, 1.54) is 24.8 Å². The Hall–Kier alpha value is -1.57. The van der Waals surface area contributed by atoms with Crippen LogP contribution in [0.2, 0.25) is 0 Å². The molecule has 0 amide bonds. The molecule has 1 aromatic rings. The highest BCUT2D eigenvalue weighted by atomic mass is 16.3. The van der Waals surface area contributed by atoms with Crippen LogP contribution < -0.4 is 0 Å². The maximum atomic E-state index is 11.8. The zero-order valence-electron chi connectivity index (χ0n) is 10.6. The number of ketones is 1. The second-order valence-electron chi connectivity index (χ2n) is 5.51. The summed E-state index contributed by atoms with van der Waals surface area (Å²) in [6.45, 7) is 1.67. The first kappa shape index (κ1) is 11.5. The average Bonchev–Trinajstić information content (AvgIpc) is 2.90. The molecule has 2 nitrogen and oxygen atoms in total. The second kappa shape index (κ2) is 4.27. The molecule has 1 fully saturated rings. The van der Waals surface area contributed by atoms with Crippen molar-refractivity contribution in [1.82, 2.24) is 0 Å². The number of hydrogen-bond donors (Lipinski definition) is 1. The van der Waals surface area contributed by atoms with Gasteiger partial charge in [-0.1, -0.05) is 24.6 Å². The zero-order chi connectivity index (χ0) is 12.7. The van der Waals surface area contributed by atoms with E-state index in [4.69, 9.17) is 0 Å². The molecule has 0 saturated heterocycles. The number of hydrogen-bond acceptors (Lipinski definition) is 2. The summed E-state index contributed by atoms with van der Waals surface area (Å²) < 4.78 is 0. The van der Waals surface area contributed by atoms with Crippen LogP contribution in [0.5, 0.6) is 5.75 Å². The highest BCUT2D eigenvalue weighted by Crippen LogP contribution is 2.51. The fourth-order valence-electron chi connectivity index (χ4n) is 3.65. The van der Waals surface area contributed by atoms with E-state index in [1.807, 2.05) is 12.1 Å². The third kappa shape index (κ3) is 1.76. The SMILES string of the molecule is CC(=O)C1=CC2CCCC2C1c1ccc(O)cc1. The maximum absolute atomic E-state index is 11.8. The van der Waals surface area contributed by atoms with Gasteiger partial charge in [-0.25, -0.2) is 0 Å². The van der Waals surface area contributed by atoms with E-state index in [-0.39, 0.29) is 17.5 Å². The number of carbonyl (C=O) groups is 1. The van der Waals surface area contributed by atoms with Gasteiger partial charge in [0.1, 0.15) is 5.75 Å². The predicted octanol–water partition coefficient (Wildman–Crippen LogP) is 3.42. The van der Waals surface area contributed by atoms with Crippen LogP contribution >= 0.6 is 0 Å². The van der Waals surface area contributed by atoms with E-state index >= 15 is 0 Å². The minimum atomic E-state index is 0.197. The van der Waals surface area contributed by atoms with Crippen molar-refractivity contribution in [2.75, 3.05) is 0 Å². The molecule has 3 atom stereocenters. The average molecular weight is 242 g/mol. The number of Topliss-reactive ketones (excluding diaryl/α,β-unsaturated/α-hetero) is 1. The molecule has 0 aliphatic heterocycles. The molecular formula is C16H18O2. The molecule has 1 saturated carbocycles. The van der Waals surface area contributed by atoms with Crippen LogP contribution in [0.1, 0.15) is 37.7 Å². The van der Waals surface area contributed by atoms with E-state index < -0.39 is 0 Å². The first-order valence-electron chi connectivity index (χ1n) is 6.68. The van der Waals surface area contributed by atoms with Gasteiger partial charge in [-0.05, 0) is 54.9 Å². The van der Waals surface area contributed by atoms with Gasteiger partial charge in [-0.2, -0.15) is 0 Å². The largest absolute Gasteiger partial charge is 0.508 e. The van der Waals surface area contributed by atoms with Crippen molar-refractivity contribution in [3.05, 3.63) is 41.5 Å². The standard InChI is InChI=1S/C16H18O2/c1-10(17)15-9-12-3-2-4-14(12)16(15)11-5-7-13(18)8-6-11/h5-9,12,14,16,18H,2-4H2,1H3. The summed E-state index contributed by atoms with van der Waals surface area (Å²) in [5.41, 5.74) is 2.15. The molecule has 0 aromatic heterocycles. The Bertz CT molecular complexity index is 498. The monoisotopic (exact) mass is 242 g/mol. The van der Waals surface area contributed by atoms with E-state index in [9.17, 15) is 9.90 Å². The van der Waals surface area contributed by atoms with Crippen LogP contribution in [-0.4, -0.2) is 10.9 Å². The second-order valence-corrected chi connectivity index (χ2v) is 5.51. The number of allylic oxidation sites excluding steroid dienone is 2. The molecule has 3 unspecified atom stereocenters. The Kier molecular flexibility index (Phi) is 2.73. The summed E-state index contributed by atoms with van der Waals surface area (Å²) in [6.07, 6.45) is 5.91. The normalized spacial score (nSPS) is 30.1. The highest BCUT2D eigenvalue weighted by molar-refractivity contribution is 5.95. The zero-order valence-corrected chi connectivity index (χ0v) is 10.6. The number of fused-ring (bicyclic) bond motifs is 1. The molecule has 2 aliphatic carbocycles. The third-order valence-corrected chi connectivity index (χ3v) is 4.44. The molecule has 0 heterocycles. The van der Waals surface area contributed by atoms with Crippen LogP contribution in [0.4, 0.5) is 0 Å². The molecule has 0 spiro atoms. The van der Waals surface area contributed by atoms with Gasteiger partial charge in [0.2, 0.25) is 0 Å². The number of benzene rings is 1. The predicted molar refractivity (Wildman–Crippen MR) is 70.4 cm³/mol. The van der Waals surface area contributed by atoms with Crippen molar-refractivity contribution >= 4 is 5.78 Å². The number of phenols is 1. The lowest BCUT2D eigenvalue weighted by Crippen LogP contribution is -2.14. The van der Waals surface area contributed by atoms with E-state index in [2.05, 4.69) is 6.08 Å². The number of rotatable bonds is 2. The fourth-order valence-corrected chi connectivity index (χ4v) is 3.65. The van der Waals surface area contributed by atoms with Crippen molar-refractivity contribution in [2.24, 2.45) is 11.8 Å². The summed E-state index contributed by atoms with van der Waals surface area (Å²) >= 11 is 0. The topological polar surface area (TPSA) is 37.3 Å².